The lowest BCUT2D eigenvalue weighted by Gasteiger charge is -2.27. The van der Waals surface area contributed by atoms with Gasteiger partial charge in [0.15, 0.2) is 17.0 Å². The van der Waals surface area contributed by atoms with Gasteiger partial charge in [-0.25, -0.2) is 4.98 Å². The number of rotatable bonds is 8. The average Bonchev–Trinajstić information content (AvgIpc) is 3.61. The Morgan fingerprint density at radius 3 is 2.17 bits per heavy atom. The van der Waals surface area contributed by atoms with E-state index in [1.165, 1.54) is 0 Å². The molecule has 2 fully saturated rings. The Bertz CT molecular complexity index is 1380. The third kappa shape index (κ3) is 6.88. The van der Waals surface area contributed by atoms with E-state index in [0.29, 0.717) is 35.1 Å². The lowest BCUT2D eigenvalue weighted by atomic mass is 9.92. The van der Waals surface area contributed by atoms with Gasteiger partial charge in [0.1, 0.15) is 0 Å². The van der Waals surface area contributed by atoms with Gasteiger partial charge >= 0.3 is 12.4 Å². The number of nitrogens with one attached hydrogen (secondary N) is 3. The molecule has 0 atom stereocenters. The molecule has 0 spiro atoms. The van der Waals surface area contributed by atoms with Gasteiger partial charge in [0.05, 0.1) is 17.5 Å². The van der Waals surface area contributed by atoms with Gasteiger partial charge in [0, 0.05) is 36.8 Å². The molecule has 2 heterocycles. The van der Waals surface area contributed by atoms with Gasteiger partial charge in [-0.2, -0.15) is 36.3 Å². The van der Waals surface area contributed by atoms with Gasteiger partial charge in [0.25, 0.3) is 5.91 Å². The monoisotopic (exact) mass is 598 g/mol. The first-order valence-corrected chi connectivity index (χ1v) is 14.0. The topological polar surface area (TPSA) is 123 Å². The van der Waals surface area contributed by atoms with E-state index in [0.717, 1.165) is 51.4 Å². The van der Waals surface area contributed by atoms with Crippen molar-refractivity contribution < 1.29 is 31.1 Å². The Hall–Kier alpha value is -3.62. The number of nitrogens with zero attached hydrogens (tertiary/aromatic N) is 4. The number of amides is 1. The molecule has 15 heteroatoms. The largest absolute Gasteiger partial charge is 0.416 e. The zero-order valence-electron chi connectivity index (χ0n) is 22.7. The SMILES string of the molecule is N[C@H]1CC[C@H](Nc2nc(NCCNC(=O)c3cc(C(F)(F)F)cc(C(F)(F)F)c3)c3ncn(C4CCCC4)c3n2)CC1. The molecular weight excluding hydrogens is 566 g/mol. The summed E-state index contributed by atoms with van der Waals surface area (Å²) in [5, 5.41) is 8.86. The molecule has 2 aromatic heterocycles. The molecule has 0 saturated heterocycles. The molecule has 42 heavy (non-hydrogen) atoms. The molecule has 2 aliphatic rings. The Morgan fingerprint density at radius 1 is 0.905 bits per heavy atom. The van der Waals surface area contributed by atoms with Gasteiger partial charge in [-0.05, 0) is 56.7 Å². The number of carbonyl (C=O) groups is 1. The van der Waals surface area contributed by atoms with Crippen LogP contribution in [-0.4, -0.2) is 50.6 Å². The number of hydrogen-bond acceptors (Lipinski definition) is 7. The zero-order chi connectivity index (χ0) is 30.1. The summed E-state index contributed by atoms with van der Waals surface area (Å²) < 4.78 is 81.1. The van der Waals surface area contributed by atoms with Crippen LogP contribution in [0.4, 0.5) is 38.1 Å². The fraction of sp³-hybridized carbons (Fsp3) is 0.556. The molecule has 2 aliphatic carbocycles. The summed E-state index contributed by atoms with van der Waals surface area (Å²) in [6, 6.07) is 1.39. The maximum Gasteiger partial charge on any atom is 0.416 e. The Morgan fingerprint density at radius 2 is 1.55 bits per heavy atom. The van der Waals surface area contributed by atoms with E-state index in [2.05, 4.69) is 25.9 Å². The summed E-state index contributed by atoms with van der Waals surface area (Å²) in [4.78, 5) is 26.4. The Kier molecular flexibility index (Phi) is 8.49. The zero-order valence-corrected chi connectivity index (χ0v) is 22.7. The molecular formula is C27H32F6N8O. The van der Waals surface area contributed by atoms with E-state index < -0.39 is 35.0 Å². The fourth-order valence-corrected chi connectivity index (χ4v) is 5.55. The van der Waals surface area contributed by atoms with E-state index in [1.54, 1.807) is 6.33 Å². The molecule has 0 radical (unpaired) electrons. The minimum absolute atomic E-state index is 0.0172. The van der Waals surface area contributed by atoms with Crippen LogP contribution in [0.2, 0.25) is 0 Å². The highest BCUT2D eigenvalue weighted by Gasteiger charge is 2.37. The highest BCUT2D eigenvalue weighted by molar-refractivity contribution is 5.94. The maximum absolute atomic E-state index is 13.2. The predicted octanol–water partition coefficient (Wildman–Crippen LogP) is 5.50. The summed E-state index contributed by atoms with van der Waals surface area (Å²) in [6.07, 6.45) is -0.567. The van der Waals surface area contributed by atoms with Crippen molar-refractivity contribution in [3.8, 4) is 0 Å². The molecule has 5 rings (SSSR count). The molecule has 0 unspecified atom stereocenters. The second kappa shape index (κ2) is 11.9. The van der Waals surface area contributed by atoms with Gasteiger partial charge in [-0.15, -0.1) is 0 Å². The van der Waals surface area contributed by atoms with Crippen molar-refractivity contribution in [3.63, 3.8) is 0 Å². The Labute approximate surface area is 237 Å². The lowest BCUT2D eigenvalue weighted by molar-refractivity contribution is -0.143. The second-order valence-electron chi connectivity index (χ2n) is 10.9. The van der Waals surface area contributed by atoms with Crippen molar-refractivity contribution in [2.75, 3.05) is 23.7 Å². The number of fused-ring (bicyclic) bond motifs is 1. The third-order valence-corrected chi connectivity index (χ3v) is 7.80. The number of anilines is 2. The second-order valence-corrected chi connectivity index (χ2v) is 10.9. The minimum Gasteiger partial charge on any atom is -0.366 e. The van der Waals surface area contributed by atoms with E-state index in [9.17, 15) is 31.1 Å². The standard InChI is InChI=1S/C27H32F6N8O/c28-26(29,30)16-11-15(12-17(13-16)27(31,32)33)24(42)36-10-9-35-22-21-23(41(14-37-21)20-3-1-2-4-20)40-25(39-22)38-19-7-5-18(34)6-8-19/h11-14,18-20H,1-10,34H2,(H,36,42)(H2,35,38,39,40)/t18-,19-. The number of halogens is 6. The first-order valence-electron chi connectivity index (χ1n) is 14.0. The smallest absolute Gasteiger partial charge is 0.366 e. The van der Waals surface area contributed by atoms with Crippen molar-refractivity contribution in [1.29, 1.82) is 0 Å². The normalized spacial score (nSPS) is 20.2. The lowest BCUT2D eigenvalue weighted by Crippen LogP contribution is -2.33. The molecule has 1 amide bonds. The first kappa shape index (κ1) is 29.9. The molecule has 5 N–H and O–H groups in total. The molecule has 2 saturated carbocycles. The molecule has 0 bridgehead atoms. The van der Waals surface area contributed by atoms with Crippen LogP contribution < -0.4 is 21.7 Å². The molecule has 3 aromatic rings. The number of nitrogens with two attached hydrogens (primary N) is 1. The van der Waals surface area contributed by atoms with Crippen LogP contribution in [0.25, 0.3) is 11.2 Å². The van der Waals surface area contributed by atoms with Gasteiger partial charge < -0.3 is 26.3 Å². The predicted molar refractivity (Wildman–Crippen MR) is 144 cm³/mol. The van der Waals surface area contributed by atoms with Crippen LogP contribution in [0.1, 0.15) is 78.9 Å². The van der Waals surface area contributed by atoms with E-state index in [-0.39, 0.29) is 37.3 Å². The van der Waals surface area contributed by atoms with Crippen molar-refractivity contribution in [1.82, 2.24) is 24.8 Å². The molecule has 9 nitrogen and oxygen atoms in total. The number of imidazole rings is 1. The van der Waals surface area contributed by atoms with Crippen molar-refractivity contribution >= 4 is 28.8 Å². The molecule has 0 aliphatic heterocycles. The fourth-order valence-electron chi connectivity index (χ4n) is 5.55. The molecule has 228 valence electrons. The van der Waals surface area contributed by atoms with Crippen LogP contribution in [0, 0.1) is 0 Å². The minimum atomic E-state index is -5.05. The summed E-state index contributed by atoms with van der Waals surface area (Å²) in [7, 11) is 0. The van der Waals surface area contributed by atoms with E-state index >= 15 is 0 Å². The number of carbonyl (C=O) groups excluding carboxylic acids is 1. The van der Waals surface area contributed by atoms with Crippen molar-refractivity contribution in [2.24, 2.45) is 5.73 Å². The summed E-state index contributed by atoms with van der Waals surface area (Å²) in [5.74, 6) is -0.248. The molecule has 1 aromatic carbocycles. The Balaban J connectivity index is 1.30. The number of aromatic nitrogens is 4. The van der Waals surface area contributed by atoms with Gasteiger partial charge in [0.2, 0.25) is 5.95 Å². The van der Waals surface area contributed by atoms with E-state index in [1.807, 2.05) is 4.57 Å². The third-order valence-electron chi connectivity index (χ3n) is 7.80. The van der Waals surface area contributed by atoms with Crippen LogP contribution in [-0.2, 0) is 12.4 Å². The highest BCUT2D eigenvalue weighted by atomic mass is 19.4. The summed E-state index contributed by atoms with van der Waals surface area (Å²) >= 11 is 0. The highest BCUT2D eigenvalue weighted by Crippen LogP contribution is 2.37. The summed E-state index contributed by atoms with van der Waals surface area (Å²) in [5.41, 5.74) is 3.37. The van der Waals surface area contributed by atoms with E-state index in [4.69, 9.17) is 10.7 Å². The van der Waals surface area contributed by atoms with Crippen LogP contribution >= 0.6 is 0 Å². The van der Waals surface area contributed by atoms with Crippen LogP contribution in [0.5, 0.6) is 0 Å². The number of hydrogen-bond donors (Lipinski definition) is 4. The van der Waals surface area contributed by atoms with Crippen LogP contribution in [0.3, 0.4) is 0 Å². The number of alkyl halides is 6. The van der Waals surface area contributed by atoms with Crippen molar-refractivity contribution in [3.05, 3.63) is 41.2 Å². The van der Waals surface area contributed by atoms with Gasteiger partial charge in [-0.1, -0.05) is 12.8 Å². The quantitative estimate of drug-likeness (QED) is 0.199. The van der Waals surface area contributed by atoms with Gasteiger partial charge in [-0.3, -0.25) is 4.79 Å². The maximum atomic E-state index is 13.2. The summed E-state index contributed by atoms with van der Waals surface area (Å²) in [6.45, 7) is -0.0223. The van der Waals surface area contributed by atoms with Crippen molar-refractivity contribution in [2.45, 2.75) is 81.8 Å². The average molecular weight is 599 g/mol. The van der Waals surface area contributed by atoms with Crippen LogP contribution in [0.15, 0.2) is 24.5 Å². The number of benzene rings is 1. The first-order chi connectivity index (χ1) is 19.9.